The average Bonchev–Trinajstić information content (AvgIpc) is 3.05. The number of hydrogen-bond donors (Lipinski definition) is 0. The molecule has 0 spiro atoms. The first-order chi connectivity index (χ1) is 14.9. The fraction of sp³-hybridized carbons (Fsp3) is 1.00. The second kappa shape index (κ2) is 8.64. The Morgan fingerprint density at radius 1 is 0.812 bits per heavy atom. The molecule has 4 rings (SSSR count). The molecule has 0 aromatic carbocycles. The lowest BCUT2D eigenvalue weighted by Crippen LogP contribution is -2.55. The lowest BCUT2D eigenvalue weighted by Gasteiger charge is -2.61. The van der Waals surface area contributed by atoms with Gasteiger partial charge >= 0.3 is 0 Å². The molecule has 0 aromatic rings. The molecule has 0 amide bonds. The largest absolute Gasteiger partial charge is 0.414 e. The van der Waals surface area contributed by atoms with Crippen LogP contribution in [0.25, 0.3) is 0 Å². The maximum absolute atomic E-state index is 6.93. The maximum Gasteiger partial charge on any atom is 0.192 e. The van der Waals surface area contributed by atoms with Gasteiger partial charge < -0.3 is 13.9 Å². The predicted octanol–water partition coefficient (Wildman–Crippen LogP) is 7.65. The van der Waals surface area contributed by atoms with Crippen molar-refractivity contribution in [2.45, 2.75) is 123 Å². The van der Waals surface area contributed by atoms with E-state index in [9.17, 15) is 0 Å². The summed E-state index contributed by atoms with van der Waals surface area (Å²) in [5.74, 6) is 4.10. The lowest BCUT2D eigenvalue weighted by molar-refractivity contribution is -0.182. The van der Waals surface area contributed by atoms with E-state index in [-0.39, 0.29) is 6.29 Å². The van der Waals surface area contributed by atoms with Crippen LogP contribution in [0.15, 0.2) is 0 Å². The molecule has 32 heavy (non-hydrogen) atoms. The molecule has 4 aliphatic rings. The minimum atomic E-state index is -1.68. The van der Waals surface area contributed by atoms with Crippen LogP contribution in [-0.4, -0.2) is 34.9 Å². The van der Waals surface area contributed by atoms with Gasteiger partial charge in [-0.3, -0.25) is 0 Å². The first-order valence-electron chi connectivity index (χ1n) is 13.6. The van der Waals surface area contributed by atoms with Gasteiger partial charge in [0.05, 0.1) is 0 Å². The smallest absolute Gasteiger partial charge is 0.192 e. The number of rotatable bonds is 5. The highest BCUT2D eigenvalue weighted by molar-refractivity contribution is 6.74. The number of hydrogen-bond acceptors (Lipinski definition) is 3. The predicted molar refractivity (Wildman–Crippen MR) is 135 cm³/mol. The third kappa shape index (κ3) is 3.97. The van der Waals surface area contributed by atoms with Crippen LogP contribution in [0.1, 0.15) is 92.4 Å². The van der Waals surface area contributed by atoms with Crippen molar-refractivity contribution < 1.29 is 13.9 Å². The summed E-state index contributed by atoms with van der Waals surface area (Å²) >= 11 is 0. The molecule has 0 heterocycles. The molecule has 3 nitrogen and oxygen atoms in total. The quantitative estimate of drug-likeness (QED) is 0.309. The highest BCUT2D eigenvalue weighted by atomic mass is 28.4. The Balaban J connectivity index is 1.47. The molecule has 0 aromatic heterocycles. The van der Waals surface area contributed by atoms with Crippen LogP contribution >= 0.6 is 0 Å². The molecule has 0 radical (unpaired) electrons. The van der Waals surface area contributed by atoms with Crippen molar-refractivity contribution in [2.75, 3.05) is 14.2 Å². The summed E-state index contributed by atoms with van der Waals surface area (Å²) in [7, 11) is 1.97. The topological polar surface area (TPSA) is 27.7 Å². The second-order valence-corrected chi connectivity index (χ2v) is 18.8. The number of ether oxygens (including phenoxy) is 2. The van der Waals surface area contributed by atoms with Gasteiger partial charge in [-0.1, -0.05) is 34.6 Å². The van der Waals surface area contributed by atoms with Crippen LogP contribution in [0.2, 0.25) is 18.1 Å². The molecule has 4 heteroatoms. The first kappa shape index (κ1) is 25.2. The van der Waals surface area contributed by atoms with E-state index in [4.69, 9.17) is 13.9 Å². The van der Waals surface area contributed by atoms with Crippen LogP contribution in [-0.2, 0) is 13.9 Å². The summed E-state index contributed by atoms with van der Waals surface area (Å²) in [5.41, 5.74) is 0.918. The molecule has 0 unspecified atom stereocenters. The van der Waals surface area contributed by atoms with E-state index >= 15 is 0 Å². The van der Waals surface area contributed by atoms with Gasteiger partial charge in [-0.2, -0.15) is 0 Å². The molecule has 186 valence electrons. The molecule has 8 atom stereocenters. The molecule has 0 aliphatic heterocycles. The molecule has 0 bridgehead atoms. The Labute approximate surface area is 199 Å². The zero-order chi connectivity index (χ0) is 23.5. The molecule has 4 aliphatic carbocycles. The second-order valence-electron chi connectivity index (χ2n) is 14.0. The Morgan fingerprint density at radius 3 is 2.06 bits per heavy atom. The summed E-state index contributed by atoms with van der Waals surface area (Å²) in [4.78, 5) is 0. The van der Waals surface area contributed by atoms with E-state index in [1.54, 1.807) is 0 Å². The van der Waals surface area contributed by atoms with Gasteiger partial charge in [-0.15, -0.1) is 0 Å². The van der Waals surface area contributed by atoms with E-state index in [1.807, 2.05) is 14.2 Å². The van der Waals surface area contributed by atoms with Crippen LogP contribution in [0, 0.1) is 40.4 Å². The van der Waals surface area contributed by atoms with E-state index < -0.39 is 8.32 Å². The van der Waals surface area contributed by atoms with Gasteiger partial charge in [-0.05, 0) is 110 Å². The van der Waals surface area contributed by atoms with Crippen LogP contribution in [0.3, 0.4) is 0 Å². The van der Waals surface area contributed by atoms with Crippen molar-refractivity contribution in [1.29, 1.82) is 0 Å². The highest BCUT2D eigenvalue weighted by Gasteiger charge is 2.61. The van der Waals surface area contributed by atoms with E-state index in [1.165, 1.54) is 57.8 Å². The van der Waals surface area contributed by atoms with Crippen molar-refractivity contribution in [3.8, 4) is 0 Å². The van der Waals surface area contributed by atoms with Gasteiger partial charge in [-0.25, -0.2) is 0 Å². The fourth-order valence-corrected chi connectivity index (χ4v) is 10.2. The standard InChI is InChI=1S/C28H52O3Si/c1-26(2,3)32(8,9)31-20-14-16-27(4)19(18-20)10-11-21-22-12-13-24(25(29-6)30-7)28(22,5)17-15-23(21)27/h19-25H,10-18H2,1-9H3/t19-,20-,21-,22-,23-,24+,27-,28-/m0/s1. The van der Waals surface area contributed by atoms with Crippen molar-refractivity contribution in [3.05, 3.63) is 0 Å². The van der Waals surface area contributed by atoms with Gasteiger partial charge in [0.25, 0.3) is 0 Å². The number of fused-ring (bicyclic) bond motifs is 5. The molecular weight excluding hydrogens is 412 g/mol. The molecular formula is C28H52O3Si. The molecule has 4 fully saturated rings. The van der Waals surface area contributed by atoms with E-state index in [2.05, 4.69) is 47.7 Å². The van der Waals surface area contributed by atoms with Crippen LogP contribution in [0.5, 0.6) is 0 Å². The highest BCUT2D eigenvalue weighted by Crippen LogP contribution is 2.68. The Morgan fingerprint density at radius 2 is 1.44 bits per heavy atom. The van der Waals surface area contributed by atoms with Crippen molar-refractivity contribution in [1.82, 2.24) is 0 Å². The van der Waals surface area contributed by atoms with Crippen LogP contribution < -0.4 is 0 Å². The normalized spacial score (nSPS) is 44.8. The summed E-state index contributed by atoms with van der Waals surface area (Å²) < 4.78 is 18.5. The monoisotopic (exact) mass is 464 g/mol. The Bertz CT molecular complexity index is 668. The molecule has 4 saturated carbocycles. The van der Waals surface area contributed by atoms with Gasteiger partial charge in [0.15, 0.2) is 14.6 Å². The molecule has 0 N–H and O–H groups in total. The van der Waals surface area contributed by atoms with Gasteiger partial charge in [0.1, 0.15) is 0 Å². The number of methoxy groups -OCH3 is 2. The third-order valence-corrected chi connectivity index (χ3v) is 16.3. The zero-order valence-electron chi connectivity index (χ0n) is 22.6. The van der Waals surface area contributed by atoms with E-state index in [0.29, 0.717) is 27.9 Å². The lowest BCUT2D eigenvalue weighted by atomic mass is 9.44. The minimum absolute atomic E-state index is 0.0311. The zero-order valence-corrected chi connectivity index (χ0v) is 23.6. The van der Waals surface area contributed by atoms with Crippen molar-refractivity contribution in [2.24, 2.45) is 40.4 Å². The van der Waals surface area contributed by atoms with Crippen molar-refractivity contribution in [3.63, 3.8) is 0 Å². The molecule has 0 saturated heterocycles. The maximum atomic E-state index is 6.93. The summed E-state index contributed by atoms with van der Waals surface area (Å²) in [5, 5.41) is 0.306. The van der Waals surface area contributed by atoms with E-state index in [0.717, 1.165) is 23.7 Å². The minimum Gasteiger partial charge on any atom is -0.414 e. The third-order valence-electron chi connectivity index (χ3n) is 11.8. The Hall–Kier alpha value is 0.0969. The van der Waals surface area contributed by atoms with Gasteiger partial charge in [0.2, 0.25) is 0 Å². The summed E-state index contributed by atoms with van der Waals surface area (Å²) in [6, 6.07) is 0. The summed E-state index contributed by atoms with van der Waals surface area (Å²) in [6.45, 7) is 17.3. The van der Waals surface area contributed by atoms with Crippen LogP contribution in [0.4, 0.5) is 0 Å². The fourth-order valence-electron chi connectivity index (χ4n) is 8.83. The SMILES string of the molecule is COC(OC)[C@H]1CC[C@H]2[C@@H]3CC[C@H]4C[C@@H](O[Si](C)(C)C(C)(C)C)CC[C@]4(C)[C@H]3CC[C@]12C. The van der Waals surface area contributed by atoms with Gasteiger partial charge in [0, 0.05) is 26.2 Å². The Kier molecular flexibility index (Phi) is 6.80. The average molecular weight is 465 g/mol. The van der Waals surface area contributed by atoms with Crippen molar-refractivity contribution >= 4 is 8.32 Å². The first-order valence-corrected chi connectivity index (χ1v) is 16.5. The summed E-state index contributed by atoms with van der Waals surface area (Å²) in [6.07, 6.45) is 12.7.